The molecule has 1 unspecified atom stereocenters. The Morgan fingerprint density at radius 3 is 2.07 bits per heavy atom. The second kappa shape index (κ2) is 6.22. The van der Waals surface area contributed by atoms with Crippen LogP contribution in [0, 0.1) is 6.92 Å². The number of aryl methyl sites for hydroxylation is 1. The van der Waals surface area contributed by atoms with E-state index >= 15 is 0 Å². The quantitative estimate of drug-likeness (QED) is 0.709. The maximum Gasteiger partial charge on any atom is 0.106 e. The number of nitrogens with two attached hydrogens (primary N) is 1. The average molecular weight is 193 g/mol. The minimum Gasteiger partial charge on any atom is -0.511 e. The molecule has 0 amide bonds. The largest absolute Gasteiger partial charge is 0.511 e. The average Bonchev–Trinajstić information content (AvgIpc) is 2.21. The highest BCUT2D eigenvalue weighted by atomic mass is 16.3. The number of benzene rings is 1. The van der Waals surface area contributed by atoms with E-state index in [1.54, 1.807) is 0 Å². The van der Waals surface area contributed by atoms with Crippen molar-refractivity contribution in [2.24, 2.45) is 5.73 Å². The fourth-order valence-corrected chi connectivity index (χ4v) is 0.966. The summed E-state index contributed by atoms with van der Waals surface area (Å²) in [5.41, 5.74) is 7.70. The van der Waals surface area contributed by atoms with Crippen molar-refractivity contribution in [1.82, 2.24) is 0 Å². The molecule has 0 spiro atoms. The molecule has 0 aliphatic heterocycles. The van der Waals surface area contributed by atoms with Crippen LogP contribution in [0.5, 0.6) is 0 Å². The molecule has 1 aromatic carbocycles. The lowest BCUT2D eigenvalue weighted by molar-refractivity contribution is 0.373. The maximum atomic E-state index is 9.02. The van der Waals surface area contributed by atoms with Crippen molar-refractivity contribution >= 4 is 0 Å². The normalized spacial score (nSPS) is 11.1. The minimum atomic E-state index is -0.467. The van der Waals surface area contributed by atoms with Gasteiger partial charge in [0.15, 0.2) is 0 Å². The van der Waals surface area contributed by atoms with Crippen LogP contribution in [0.1, 0.15) is 31.0 Å². The molecule has 14 heavy (non-hydrogen) atoms. The molecule has 0 saturated heterocycles. The third kappa shape index (κ3) is 3.62. The summed E-state index contributed by atoms with van der Waals surface area (Å²) in [4.78, 5) is 0. The summed E-state index contributed by atoms with van der Waals surface area (Å²) < 4.78 is 0. The van der Waals surface area contributed by atoms with Gasteiger partial charge in [-0.3, -0.25) is 0 Å². The van der Waals surface area contributed by atoms with Crippen LogP contribution < -0.4 is 5.73 Å². The van der Waals surface area contributed by atoms with Gasteiger partial charge in [-0.2, -0.15) is 0 Å². The number of rotatable bonds is 2. The van der Waals surface area contributed by atoms with Gasteiger partial charge in [0.2, 0.25) is 0 Å². The summed E-state index contributed by atoms with van der Waals surface area (Å²) in [6, 6.07) is 7.23. The van der Waals surface area contributed by atoms with Crippen LogP contribution in [0.3, 0.4) is 0 Å². The SMILES string of the molecule is C=C(O)C(N)c1ccc(C)cc1.CC. The van der Waals surface area contributed by atoms with Crippen LogP contribution in [0.25, 0.3) is 0 Å². The smallest absolute Gasteiger partial charge is 0.106 e. The first-order valence-electron chi connectivity index (χ1n) is 4.81. The fourth-order valence-electron chi connectivity index (χ4n) is 0.966. The molecule has 1 aromatic rings. The Bertz CT molecular complexity index is 277. The van der Waals surface area contributed by atoms with Crippen LogP contribution >= 0.6 is 0 Å². The van der Waals surface area contributed by atoms with Gasteiger partial charge in [-0.1, -0.05) is 50.3 Å². The summed E-state index contributed by atoms with van der Waals surface area (Å²) in [5, 5.41) is 9.02. The Morgan fingerprint density at radius 1 is 1.29 bits per heavy atom. The van der Waals surface area contributed by atoms with Crippen LogP contribution in [0.15, 0.2) is 36.6 Å². The van der Waals surface area contributed by atoms with Gasteiger partial charge in [0.25, 0.3) is 0 Å². The molecule has 1 rings (SSSR count). The summed E-state index contributed by atoms with van der Waals surface area (Å²) in [6.07, 6.45) is 0. The molecule has 2 nitrogen and oxygen atoms in total. The molecule has 78 valence electrons. The Morgan fingerprint density at radius 2 is 1.71 bits per heavy atom. The van der Waals surface area contributed by atoms with Gasteiger partial charge in [-0.05, 0) is 12.5 Å². The van der Waals surface area contributed by atoms with Crippen molar-refractivity contribution in [3.63, 3.8) is 0 Å². The molecule has 0 saturated carbocycles. The molecule has 0 aliphatic carbocycles. The number of hydrogen-bond donors (Lipinski definition) is 2. The molecule has 0 aliphatic rings. The molecule has 3 N–H and O–H groups in total. The fraction of sp³-hybridized carbons (Fsp3) is 0.333. The van der Waals surface area contributed by atoms with Crippen LogP contribution in [0.2, 0.25) is 0 Å². The number of aliphatic hydroxyl groups excluding tert-OH is 1. The van der Waals surface area contributed by atoms with E-state index < -0.39 is 6.04 Å². The van der Waals surface area contributed by atoms with Crippen molar-refractivity contribution in [3.05, 3.63) is 47.7 Å². The number of aliphatic hydroxyl groups is 1. The van der Waals surface area contributed by atoms with E-state index in [1.165, 1.54) is 5.56 Å². The zero-order valence-corrected chi connectivity index (χ0v) is 9.12. The molecule has 1 atom stereocenters. The first-order valence-corrected chi connectivity index (χ1v) is 4.81. The van der Waals surface area contributed by atoms with E-state index in [2.05, 4.69) is 6.58 Å². The van der Waals surface area contributed by atoms with E-state index in [1.807, 2.05) is 45.0 Å². The van der Waals surface area contributed by atoms with Crippen molar-refractivity contribution in [3.8, 4) is 0 Å². The molecule has 0 fully saturated rings. The first-order chi connectivity index (χ1) is 6.61. The Hall–Kier alpha value is -1.28. The summed E-state index contributed by atoms with van der Waals surface area (Å²) in [5.74, 6) is -0.00106. The Balaban J connectivity index is 0.000000791. The lowest BCUT2D eigenvalue weighted by Crippen LogP contribution is -2.11. The second-order valence-electron chi connectivity index (χ2n) is 2.88. The van der Waals surface area contributed by atoms with E-state index in [0.29, 0.717) is 0 Å². The third-order valence-electron chi connectivity index (χ3n) is 1.80. The molecular weight excluding hydrogens is 174 g/mol. The molecule has 0 heterocycles. The topological polar surface area (TPSA) is 46.2 Å². The van der Waals surface area contributed by atoms with Gasteiger partial charge in [0, 0.05) is 0 Å². The third-order valence-corrected chi connectivity index (χ3v) is 1.80. The highest BCUT2D eigenvalue weighted by molar-refractivity contribution is 5.27. The zero-order valence-electron chi connectivity index (χ0n) is 9.12. The lowest BCUT2D eigenvalue weighted by atomic mass is 10.1. The van der Waals surface area contributed by atoms with Gasteiger partial charge in [0.05, 0.1) is 6.04 Å². The first kappa shape index (κ1) is 12.7. The summed E-state index contributed by atoms with van der Waals surface area (Å²) >= 11 is 0. The standard InChI is InChI=1S/C10H13NO.C2H6/c1-7-3-5-9(6-4-7)10(11)8(2)12;1-2/h3-6,10,12H,2,11H2,1H3;1-2H3. The van der Waals surface area contributed by atoms with Crippen molar-refractivity contribution in [2.75, 3.05) is 0 Å². The Labute approximate surface area is 86.1 Å². The molecule has 0 bridgehead atoms. The van der Waals surface area contributed by atoms with E-state index in [-0.39, 0.29) is 5.76 Å². The van der Waals surface area contributed by atoms with Crippen LogP contribution in [-0.4, -0.2) is 5.11 Å². The van der Waals surface area contributed by atoms with Crippen LogP contribution in [0.4, 0.5) is 0 Å². The van der Waals surface area contributed by atoms with Gasteiger partial charge in [0.1, 0.15) is 5.76 Å². The van der Waals surface area contributed by atoms with Crippen molar-refractivity contribution in [1.29, 1.82) is 0 Å². The van der Waals surface area contributed by atoms with Crippen molar-refractivity contribution < 1.29 is 5.11 Å². The van der Waals surface area contributed by atoms with E-state index in [0.717, 1.165) is 5.56 Å². The van der Waals surface area contributed by atoms with Crippen LogP contribution in [-0.2, 0) is 0 Å². The van der Waals surface area contributed by atoms with E-state index in [9.17, 15) is 0 Å². The monoisotopic (exact) mass is 193 g/mol. The van der Waals surface area contributed by atoms with Gasteiger partial charge < -0.3 is 10.8 Å². The summed E-state index contributed by atoms with van der Waals surface area (Å²) in [6.45, 7) is 9.39. The predicted octanol–water partition coefficient (Wildman–Crippen LogP) is 3.09. The maximum absolute atomic E-state index is 9.02. The van der Waals surface area contributed by atoms with E-state index in [4.69, 9.17) is 10.8 Å². The molecule has 0 aromatic heterocycles. The minimum absolute atomic E-state index is 0.00106. The highest BCUT2D eigenvalue weighted by Crippen LogP contribution is 2.15. The molecule has 0 radical (unpaired) electrons. The highest BCUT2D eigenvalue weighted by Gasteiger charge is 2.07. The van der Waals surface area contributed by atoms with Gasteiger partial charge >= 0.3 is 0 Å². The number of hydrogen-bond acceptors (Lipinski definition) is 2. The van der Waals surface area contributed by atoms with Gasteiger partial charge in [-0.25, -0.2) is 0 Å². The lowest BCUT2D eigenvalue weighted by Gasteiger charge is -2.09. The molecular formula is C12H19NO. The zero-order chi connectivity index (χ0) is 11.1. The Kier molecular flexibility index (Phi) is 5.65. The molecule has 2 heteroatoms. The second-order valence-corrected chi connectivity index (χ2v) is 2.88. The van der Waals surface area contributed by atoms with Gasteiger partial charge in [-0.15, -0.1) is 0 Å². The predicted molar refractivity (Wildman–Crippen MR) is 61.2 cm³/mol. The van der Waals surface area contributed by atoms with Crippen molar-refractivity contribution in [2.45, 2.75) is 26.8 Å². The summed E-state index contributed by atoms with van der Waals surface area (Å²) in [7, 11) is 0.